The topological polar surface area (TPSA) is 102 Å². The number of aryl methyl sites for hydroxylation is 1. The summed E-state index contributed by atoms with van der Waals surface area (Å²) in [4.78, 5) is 16.9. The molecule has 31 heavy (non-hydrogen) atoms. The minimum Gasteiger partial charge on any atom is -0.457 e. The summed E-state index contributed by atoms with van der Waals surface area (Å²) < 4.78 is 7.86. The average molecular weight is 423 g/mol. The Balaban J connectivity index is 1.38. The minimum absolute atomic E-state index is 0.0291. The first-order valence-corrected chi connectivity index (χ1v) is 11.0. The number of nitrogens with one attached hydrogen (secondary N) is 1. The van der Waals surface area contributed by atoms with Crippen molar-refractivity contribution in [3.05, 3.63) is 48.5 Å². The number of hydrogen-bond acceptors (Lipinski definition) is 5. The van der Waals surface area contributed by atoms with Crippen LogP contribution >= 0.6 is 0 Å². The van der Waals surface area contributed by atoms with Gasteiger partial charge in [-0.15, -0.1) is 0 Å². The van der Waals surface area contributed by atoms with Crippen molar-refractivity contribution >= 4 is 22.9 Å². The monoisotopic (exact) mass is 422 g/mol. The molecule has 1 aliphatic carbocycles. The molecule has 2 atom stereocenters. The average Bonchev–Trinajstić information content (AvgIpc) is 3.09. The maximum atomic E-state index is 12.4. The summed E-state index contributed by atoms with van der Waals surface area (Å²) in [6.45, 7) is 0.731. The highest BCUT2D eigenvalue weighted by molar-refractivity contribution is 5.80. The van der Waals surface area contributed by atoms with Gasteiger partial charge in [-0.3, -0.25) is 4.79 Å². The Morgan fingerprint density at radius 1 is 1.16 bits per heavy atom. The van der Waals surface area contributed by atoms with Crippen LogP contribution in [0.5, 0.6) is 11.5 Å². The molecule has 1 saturated carbocycles. The van der Waals surface area contributed by atoms with Crippen LogP contribution in [0.15, 0.2) is 48.5 Å². The number of nitrogens with zero attached hydrogens (tertiary/aromatic N) is 2. The molecule has 0 bridgehead atoms. The van der Waals surface area contributed by atoms with Crippen LogP contribution < -0.4 is 15.8 Å². The molecular formula is C24H30N4O3. The number of benzene rings is 2. The highest BCUT2D eigenvalue weighted by Gasteiger charge is 2.25. The van der Waals surface area contributed by atoms with Gasteiger partial charge in [0.05, 0.1) is 11.0 Å². The number of aliphatic hydroxyl groups is 1. The van der Waals surface area contributed by atoms with Gasteiger partial charge >= 0.3 is 0 Å². The van der Waals surface area contributed by atoms with Gasteiger partial charge in [0, 0.05) is 37.6 Å². The molecule has 1 aromatic heterocycles. The number of para-hydroxylation sites is 1. The fourth-order valence-corrected chi connectivity index (χ4v) is 4.34. The number of carbonyl (C=O) groups is 1. The quantitative estimate of drug-likeness (QED) is 0.512. The summed E-state index contributed by atoms with van der Waals surface area (Å²) in [6.07, 6.45) is 5.22. The number of carbonyl (C=O) groups excluding carboxylic acids is 1. The number of amides is 1. The lowest BCUT2D eigenvalue weighted by molar-refractivity contribution is -0.122. The summed E-state index contributed by atoms with van der Waals surface area (Å²) in [6, 6.07) is 15.4. The third kappa shape index (κ3) is 5.17. The van der Waals surface area contributed by atoms with E-state index in [0.717, 1.165) is 42.5 Å². The normalized spacial score (nSPS) is 18.7. The first-order chi connectivity index (χ1) is 15.1. The zero-order valence-electron chi connectivity index (χ0n) is 17.7. The van der Waals surface area contributed by atoms with E-state index in [-0.39, 0.29) is 24.5 Å². The van der Waals surface area contributed by atoms with E-state index in [0.29, 0.717) is 31.1 Å². The maximum Gasteiger partial charge on any atom is 0.220 e. The van der Waals surface area contributed by atoms with E-state index in [1.807, 2.05) is 53.1 Å². The number of ether oxygens (including phenoxy) is 1. The number of anilines is 1. The molecule has 4 N–H and O–H groups in total. The van der Waals surface area contributed by atoms with Crippen molar-refractivity contribution in [2.45, 2.75) is 51.1 Å². The van der Waals surface area contributed by atoms with Crippen molar-refractivity contribution in [2.24, 2.45) is 5.92 Å². The second kappa shape index (κ2) is 9.83. The van der Waals surface area contributed by atoms with Gasteiger partial charge in [0.2, 0.25) is 11.9 Å². The lowest BCUT2D eigenvalue weighted by atomic mass is 9.85. The Morgan fingerprint density at radius 3 is 2.77 bits per heavy atom. The molecule has 0 spiro atoms. The van der Waals surface area contributed by atoms with Crippen LogP contribution in [0.2, 0.25) is 0 Å². The number of nitrogens with two attached hydrogens (primary N) is 1. The molecule has 2 aromatic carbocycles. The van der Waals surface area contributed by atoms with Crippen LogP contribution in [0.3, 0.4) is 0 Å². The molecule has 0 saturated heterocycles. The number of aromatic nitrogens is 2. The van der Waals surface area contributed by atoms with Gasteiger partial charge in [-0.1, -0.05) is 31.0 Å². The third-order valence-electron chi connectivity index (χ3n) is 6.00. The third-order valence-corrected chi connectivity index (χ3v) is 6.00. The molecule has 1 heterocycles. The second-order valence-electron chi connectivity index (χ2n) is 8.19. The number of imidazole rings is 1. The molecule has 164 valence electrons. The van der Waals surface area contributed by atoms with Crippen LogP contribution in [-0.4, -0.2) is 33.2 Å². The maximum absolute atomic E-state index is 12.4. The summed E-state index contributed by atoms with van der Waals surface area (Å²) in [7, 11) is 0. The van der Waals surface area contributed by atoms with Crippen molar-refractivity contribution in [3.63, 3.8) is 0 Å². The number of aliphatic hydroxyl groups excluding tert-OH is 1. The van der Waals surface area contributed by atoms with Crippen molar-refractivity contribution in [3.8, 4) is 11.5 Å². The summed E-state index contributed by atoms with van der Waals surface area (Å²) in [5, 5.41) is 12.6. The number of fused-ring (bicyclic) bond motifs is 1. The zero-order chi connectivity index (χ0) is 21.6. The molecule has 7 heteroatoms. The van der Waals surface area contributed by atoms with E-state index in [2.05, 4.69) is 10.3 Å². The lowest BCUT2D eigenvalue weighted by Crippen LogP contribution is -2.43. The molecule has 1 fully saturated rings. The Morgan fingerprint density at radius 2 is 1.97 bits per heavy atom. The molecule has 0 unspecified atom stereocenters. The number of hydrogen-bond donors (Lipinski definition) is 3. The highest BCUT2D eigenvalue weighted by Crippen LogP contribution is 2.27. The largest absolute Gasteiger partial charge is 0.457 e. The Labute approximate surface area is 182 Å². The minimum atomic E-state index is 0.0291. The van der Waals surface area contributed by atoms with E-state index in [1.54, 1.807) is 0 Å². The van der Waals surface area contributed by atoms with Gasteiger partial charge in [-0.05, 0) is 43.5 Å². The Kier molecular flexibility index (Phi) is 6.72. The molecule has 4 rings (SSSR count). The van der Waals surface area contributed by atoms with Crippen molar-refractivity contribution in [1.82, 2.24) is 14.9 Å². The number of nitrogen functional groups attached to an aromatic ring is 1. The molecule has 1 amide bonds. The molecule has 7 nitrogen and oxygen atoms in total. The van der Waals surface area contributed by atoms with Gasteiger partial charge < -0.3 is 25.5 Å². The van der Waals surface area contributed by atoms with E-state index >= 15 is 0 Å². The van der Waals surface area contributed by atoms with E-state index in [4.69, 9.17) is 10.5 Å². The van der Waals surface area contributed by atoms with Gasteiger partial charge in [-0.25, -0.2) is 4.98 Å². The van der Waals surface area contributed by atoms with Crippen LogP contribution in [0.1, 0.15) is 38.5 Å². The predicted molar refractivity (Wildman–Crippen MR) is 121 cm³/mol. The lowest BCUT2D eigenvalue weighted by Gasteiger charge is -2.30. The fraction of sp³-hybridized carbons (Fsp3) is 0.417. The Hall–Kier alpha value is -3.06. The van der Waals surface area contributed by atoms with E-state index < -0.39 is 0 Å². The summed E-state index contributed by atoms with van der Waals surface area (Å²) >= 11 is 0. The number of rotatable bonds is 8. The first-order valence-electron chi connectivity index (χ1n) is 11.0. The first kappa shape index (κ1) is 21.2. The molecule has 0 aliphatic heterocycles. The van der Waals surface area contributed by atoms with Crippen LogP contribution in [0.25, 0.3) is 11.0 Å². The van der Waals surface area contributed by atoms with Crippen molar-refractivity contribution in [2.75, 3.05) is 12.3 Å². The Bertz CT molecular complexity index is 1020. The van der Waals surface area contributed by atoms with E-state index in [1.165, 1.54) is 0 Å². The highest BCUT2D eigenvalue weighted by atomic mass is 16.5. The summed E-state index contributed by atoms with van der Waals surface area (Å²) in [5.41, 5.74) is 7.83. The fourth-order valence-electron chi connectivity index (χ4n) is 4.34. The molecule has 1 aliphatic rings. The molecule has 0 radical (unpaired) electrons. The second-order valence-corrected chi connectivity index (χ2v) is 8.19. The van der Waals surface area contributed by atoms with Gasteiger partial charge in [0.25, 0.3) is 0 Å². The van der Waals surface area contributed by atoms with Crippen LogP contribution in [0.4, 0.5) is 5.95 Å². The van der Waals surface area contributed by atoms with Crippen molar-refractivity contribution in [1.29, 1.82) is 0 Å². The van der Waals surface area contributed by atoms with Crippen LogP contribution in [0, 0.1) is 5.92 Å². The molecule has 3 aromatic rings. The summed E-state index contributed by atoms with van der Waals surface area (Å²) in [5.74, 6) is 2.11. The van der Waals surface area contributed by atoms with Gasteiger partial charge in [-0.2, -0.15) is 0 Å². The van der Waals surface area contributed by atoms with Crippen LogP contribution in [-0.2, 0) is 11.3 Å². The zero-order valence-corrected chi connectivity index (χ0v) is 17.7. The van der Waals surface area contributed by atoms with Gasteiger partial charge in [0.15, 0.2) is 0 Å². The van der Waals surface area contributed by atoms with Crippen molar-refractivity contribution < 1.29 is 14.6 Å². The SMILES string of the molecule is Nc1nc2ccc(Oc3ccccc3)cc2n1CCCC(=O)N[C@@H]1CCCC[C@@H]1CO. The standard InChI is InChI=1S/C24H30N4O3/c25-24-27-21-13-12-19(31-18-8-2-1-3-9-18)15-22(21)28(24)14-6-11-23(30)26-20-10-5-4-7-17(20)16-29/h1-3,8-9,12-13,15,17,20,29H,4-7,10-11,14,16H2,(H2,25,27)(H,26,30)/t17-,20-/m1/s1. The smallest absolute Gasteiger partial charge is 0.220 e. The molecular weight excluding hydrogens is 392 g/mol. The van der Waals surface area contributed by atoms with Gasteiger partial charge in [0.1, 0.15) is 11.5 Å². The van der Waals surface area contributed by atoms with E-state index in [9.17, 15) is 9.90 Å². The predicted octanol–water partition coefficient (Wildman–Crippen LogP) is 3.86.